The van der Waals surface area contributed by atoms with Crippen molar-refractivity contribution >= 4 is 11.9 Å². The molecule has 0 radical (unpaired) electrons. The molecule has 0 aliphatic heterocycles. The second-order valence-corrected chi connectivity index (χ2v) is 4.89. The minimum absolute atomic E-state index is 2.16. The Kier molecular flexibility index (Phi) is 3.30. The molecule has 4 nitrogen and oxygen atoms in total. The zero-order chi connectivity index (χ0) is 20.1. The number of rotatable bonds is 2. The van der Waals surface area contributed by atoms with Crippen molar-refractivity contribution in [3.8, 4) is 0 Å². The van der Waals surface area contributed by atoms with E-state index in [9.17, 15) is 62.3 Å². The second-order valence-electron chi connectivity index (χ2n) is 4.89. The average molecular weight is 400 g/mol. The Hall–Kier alpha value is -1.90. The third-order valence-corrected chi connectivity index (χ3v) is 3.86. The van der Waals surface area contributed by atoms with Crippen LogP contribution in [0.4, 0.5) is 52.7 Å². The minimum atomic E-state index is -6.24. The van der Waals surface area contributed by atoms with Gasteiger partial charge in [0, 0.05) is 0 Å². The van der Waals surface area contributed by atoms with E-state index in [4.69, 9.17) is 0 Å². The normalized spacial score (nSPS) is 34.4. The van der Waals surface area contributed by atoms with Gasteiger partial charge in [-0.25, -0.2) is 26.3 Å². The molecule has 0 aromatic heterocycles. The van der Waals surface area contributed by atoms with Crippen molar-refractivity contribution in [1.29, 1.82) is 0 Å². The lowest BCUT2D eigenvalue weighted by Crippen LogP contribution is -3.07. The first-order valence-corrected chi connectivity index (χ1v) is 5.49. The van der Waals surface area contributed by atoms with Crippen LogP contribution in [0.1, 0.15) is 0 Å². The Labute approximate surface area is 126 Å². The van der Waals surface area contributed by atoms with Crippen LogP contribution in [0.3, 0.4) is 0 Å². The lowest BCUT2D eigenvalue weighted by molar-refractivity contribution is -0.599. The van der Waals surface area contributed by atoms with Gasteiger partial charge in [-0.1, -0.05) is 0 Å². The maximum atomic E-state index is 13.6. The zero-order valence-electron chi connectivity index (χ0n) is 10.7. The van der Waals surface area contributed by atoms with Crippen molar-refractivity contribution in [1.82, 2.24) is 0 Å². The van der Waals surface area contributed by atoms with Crippen molar-refractivity contribution in [3.05, 3.63) is 0 Å². The van der Waals surface area contributed by atoms with E-state index in [1.165, 1.54) is 0 Å². The van der Waals surface area contributed by atoms with Crippen molar-refractivity contribution in [2.75, 3.05) is 0 Å². The van der Waals surface area contributed by atoms with Crippen LogP contribution in [-0.4, -0.2) is 42.4 Å². The highest BCUT2D eigenvalue weighted by Gasteiger charge is 3.24. The molecule has 0 atom stereocenters. The molecule has 0 saturated heterocycles. The van der Waals surface area contributed by atoms with Gasteiger partial charge in [-0.2, -0.15) is 0 Å². The van der Waals surface area contributed by atoms with Crippen molar-refractivity contribution in [2.45, 2.75) is 30.5 Å². The molecule has 3 aliphatic carbocycles. The van der Waals surface area contributed by atoms with E-state index in [1.807, 2.05) is 0 Å². The van der Waals surface area contributed by atoms with Crippen molar-refractivity contribution in [3.63, 3.8) is 0 Å². The second kappa shape index (κ2) is 4.25. The molecule has 16 heteroatoms. The smallest absolute Gasteiger partial charge is 0.372 e. The fraction of sp³-hybridized carbons (Fsp3) is 0.778. The van der Waals surface area contributed by atoms with Gasteiger partial charge in [0.05, 0.1) is 0 Å². The molecule has 0 spiro atoms. The fourth-order valence-corrected chi connectivity index (χ4v) is 2.97. The van der Waals surface area contributed by atoms with Crippen LogP contribution in [0, 0.1) is 10.8 Å². The third kappa shape index (κ3) is 1.63. The number of halogens is 12. The molecule has 0 aromatic carbocycles. The Morgan fingerprint density at radius 3 is 0.920 bits per heavy atom. The first-order chi connectivity index (χ1) is 10.8. The molecule has 3 fully saturated rings. The molecular weight excluding hydrogens is 400 g/mol. The van der Waals surface area contributed by atoms with Gasteiger partial charge < -0.3 is 9.47 Å². The summed E-state index contributed by atoms with van der Waals surface area (Å²) in [5, 5.41) is 0. The van der Waals surface area contributed by atoms with Crippen LogP contribution in [0.25, 0.3) is 0 Å². The molecule has 0 amide bonds. The summed E-state index contributed by atoms with van der Waals surface area (Å²) >= 11 is 0. The summed E-state index contributed by atoms with van der Waals surface area (Å²) in [4.78, 5) is 21.9. The van der Waals surface area contributed by atoms with Crippen LogP contribution in [-0.2, 0) is 19.1 Å². The highest BCUT2D eigenvalue weighted by Crippen LogP contribution is 2.94. The van der Waals surface area contributed by atoms with Gasteiger partial charge in [0.1, 0.15) is 0 Å². The van der Waals surface area contributed by atoms with Crippen LogP contribution in [0.15, 0.2) is 0 Å². The van der Waals surface area contributed by atoms with E-state index in [-0.39, 0.29) is 0 Å². The lowest BCUT2D eigenvalue weighted by atomic mass is 9.26. The first-order valence-electron chi connectivity index (χ1n) is 5.49. The van der Waals surface area contributed by atoms with Gasteiger partial charge in [-0.15, -0.1) is 26.3 Å². The summed E-state index contributed by atoms with van der Waals surface area (Å²) in [5.74, 6) is -25.8. The molecule has 3 saturated carbocycles. The topological polar surface area (TPSA) is 52.6 Å². The van der Waals surface area contributed by atoms with Gasteiger partial charge in [0.25, 0.3) is 10.8 Å². The van der Waals surface area contributed by atoms with Crippen molar-refractivity contribution < 1.29 is 71.7 Å². The lowest BCUT2D eigenvalue weighted by Gasteiger charge is -2.77. The molecule has 0 unspecified atom stereocenters. The summed E-state index contributed by atoms with van der Waals surface area (Å²) in [7, 11) is 0. The maximum Gasteiger partial charge on any atom is 0.575 e. The van der Waals surface area contributed by atoms with Gasteiger partial charge in [-0.05, 0) is 0 Å². The number of hydrogen-bond acceptors (Lipinski definition) is 4. The van der Waals surface area contributed by atoms with E-state index >= 15 is 0 Å². The molecule has 3 rings (SSSR count). The Bertz CT molecular complexity index is 550. The summed E-state index contributed by atoms with van der Waals surface area (Å²) in [5.41, 5.74) is -11.6. The van der Waals surface area contributed by atoms with Gasteiger partial charge in [0.15, 0.2) is 0 Å². The van der Waals surface area contributed by atoms with Gasteiger partial charge in [-0.3, -0.25) is 9.59 Å². The van der Waals surface area contributed by atoms with E-state index in [1.54, 1.807) is 0 Å². The number of hydrogen-bond donors (Lipinski definition) is 0. The molecule has 0 N–H and O–H groups in total. The van der Waals surface area contributed by atoms with Crippen LogP contribution >= 0.6 is 0 Å². The third-order valence-electron chi connectivity index (χ3n) is 3.86. The van der Waals surface area contributed by atoms with Crippen molar-refractivity contribution in [2.24, 2.45) is 10.8 Å². The predicted molar refractivity (Wildman–Crippen MR) is 44.0 cm³/mol. The number of alkyl halides is 12. The molecule has 0 aromatic rings. The summed E-state index contributed by atoms with van der Waals surface area (Å²) in [6, 6.07) is 0. The standard InChI is InChI=1S/C9F12O4/c10-5(11)3(1(22)24-8(16,17)18)6(12,13)4(5,7(3,14)15)2(23)25-9(19,20)21. The molecule has 0 heterocycles. The van der Waals surface area contributed by atoms with E-state index < -0.39 is 53.3 Å². The van der Waals surface area contributed by atoms with Crippen LogP contribution in [0.2, 0.25) is 0 Å². The molecule has 3 aliphatic rings. The van der Waals surface area contributed by atoms with Crippen LogP contribution in [0.5, 0.6) is 0 Å². The van der Waals surface area contributed by atoms with E-state index in [0.29, 0.717) is 0 Å². The molecule has 25 heavy (non-hydrogen) atoms. The average Bonchev–Trinajstić information content (AvgIpc) is 2.19. The predicted octanol–water partition coefficient (Wildman–Crippen LogP) is 3.02. The minimum Gasteiger partial charge on any atom is -0.372 e. The molecule has 2 bridgehead atoms. The Balaban J connectivity index is 2.56. The largest absolute Gasteiger partial charge is 0.575 e. The number of carbonyl (C=O) groups excluding carboxylic acids is 2. The maximum absolute atomic E-state index is 13.6. The number of esters is 2. The summed E-state index contributed by atoms with van der Waals surface area (Å²) in [6.45, 7) is 0. The molecular formula is C9F12O4. The van der Waals surface area contributed by atoms with E-state index in [0.717, 1.165) is 0 Å². The number of ether oxygens (including phenoxy) is 2. The highest BCUT2D eigenvalue weighted by molar-refractivity contribution is 6.00. The quantitative estimate of drug-likeness (QED) is 0.529. The highest BCUT2D eigenvalue weighted by atomic mass is 19.4. The molecule has 144 valence electrons. The zero-order valence-corrected chi connectivity index (χ0v) is 10.7. The van der Waals surface area contributed by atoms with E-state index in [2.05, 4.69) is 9.47 Å². The van der Waals surface area contributed by atoms with Gasteiger partial charge in [0.2, 0.25) is 0 Å². The number of carbonyl (C=O) groups is 2. The Morgan fingerprint density at radius 2 is 0.760 bits per heavy atom. The van der Waals surface area contributed by atoms with Gasteiger partial charge >= 0.3 is 42.4 Å². The fourth-order valence-electron chi connectivity index (χ4n) is 2.97. The van der Waals surface area contributed by atoms with Crippen LogP contribution < -0.4 is 0 Å². The summed E-state index contributed by atoms with van der Waals surface area (Å²) in [6.07, 6.45) is -12.5. The Morgan fingerprint density at radius 1 is 0.560 bits per heavy atom. The first kappa shape index (κ1) is 19.4. The SMILES string of the molecule is O=C(OC(F)(F)F)C12C(F)(F)C(C(=O)OC(F)(F)F)(C1(F)F)C2(F)F. The summed E-state index contributed by atoms with van der Waals surface area (Å²) < 4.78 is 157. The monoisotopic (exact) mass is 400 g/mol.